The second-order valence-corrected chi connectivity index (χ2v) is 10.9. The fourth-order valence-electron chi connectivity index (χ4n) is 3.92. The molecule has 0 radical (unpaired) electrons. The van der Waals surface area contributed by atoms with Gasteiger partial charge in [0.05, 0.1) is 23.0 Å². The Kier molecular flexibility index (Phi) is 6.64. The summed E-state index contributed by atoms with van der Waals surface area (Å²) in [5, 5.41) is 5.20. The van der Waals surface area contributed by atoms with Crippen LogP contribution in [0.3, 0.4) is 0 Å². The maximum atomic E-state index is 13.2. The van der Waals surface area contributed by atoms with E-state index in [1.807, 2.05) is 5.38 Å². The Labute approximate surface area is 190 Å². The van der Waals surface area contributed by atoms with E-state index in [-0.39, 0.29) is 24.0 Å². The van der Waals surface area contributed by atoms with Crippen LogP contribution < -0.4 is 5.32 Å². The molecule has 32 heavy (non-hydrogen) atoms. The van der Waals surface area contributed by atoms with Crippen molar-refractivity contribution >= 4 is 38.2 Å². The number of halogens is 1. The number of hydrogen-bond acceptors (Lipinski definition) is 6. The number of anilines is 1. The Morgan fingerprint density at radius 1 is 1.22 bits per heavy atom. The van der Waals surface area contributed by atoms with Crippen LogP contribution in [0.4, 0.5) is 9.39 Å². The molecule has 1 amide bonds. The summed E-state index contributed by atoms with van der Waals surface area (Å²) in [7, 11) is -3.83. The Bertz CT molecular complexity index is 1110. The van der Waals surface area contributed by atoms with Crippen molar-refractivity contribution in [2.45, 2.75) is 43.4 Å². The third-order valence-corrected chi connectivity index (χ3v) is 8.55. The van der Waals surface area contributed by atoms with E-state index in [1.54, 1.807) is 6.92 Å². The molecule has 2 fully saturated rings. The average Bonchev–Trinajstić information content (AvgIpc) is 3.54. The normalized spacial score (nSPS) is 19.5. The number of carbonyl (C=O) groups excluding carboxylic acids is 2. The molecule has 1 atom stereocenters. The minimum absolute atomic E-state index is 0.00288. The van der Waals surface area contributed by atoms with E-state index in [4.69, 9.17) is 4.74 Å². The molecular formula is C22H25FN2O5S2. The van der Waals surface area contributed by atoms with E-state index in [0.717, 1.165) is 30.5 Å². The first kappa shape index (κ1) is 22.9. The molecule has 10 heteroatoms. The quantitative estimate of drug-likeness (QED) is 0.605. The molecule has 0 bridgehead atoms. The smallest absolute Gasteiger partial charge is 0.341 e. The summed E-state index contributed by atoms with van der Waals surface area (Å²) in [4.78, 5) is 25.5. The predicted octanol–water partition coefficient (Wildman–Crippen LogP) is 3.98. The summed E-state index contributed by atoms with van der Waals surface area (Å²) in [6, 6.07) is 4.66. The molecule has 1 aromatic heterocycles. The predicted molar refractivity (Wildman–Crippen MR) is 119 cm³/mol. The zero-order valence-electron chi connectivity index (χ0n) is 17.7. The molecule has 1 aliphatic heterocycles. The largest absolute Gasteiger partial charge is 0.462 e. The number of piperidine rings is 1. The van der Waals surface area contributed by atoms with Gasteiger partial charge in [0.25, 0.3) is 0 Å². The van der Waals surface area contributed by atoms with Gasteiger partial charge in [-0.25, -0.2) is 17.6 Å². The molecule has 1 saturated carbocycles. The molecule has 4 rings (SSSR count). The van der Waals surface area contributed by atoms with Crippen molar-refractivity contribution in [1.29, 1.82) is 0 Å². The highest BCUT2D eigenvalue weighted by Crippen LogP contribution is 2.46. The Balaban J connectivity index is 1.50. The van der Waals surface area contributed by atoms with Crippen molar-refractivity contribution in [3.8, 4) is 0 Å². The van der Waals surface area contributed by atoms with Gasteiger partial charge in [0, 0.05) is 13.1 Å². The van der Waals surface area contributed by atoms with Gasteiger partial charge in [-0.1, -0.05) is 0 Å². The number of benzene rings is 1. The first-order valence-electron chi connectivity index (χ1n) is 10.7. The number of thiophene rings is 1. The van der Waals surface area contributed by atoms with Crippen LogP contribution in [-0.4, -0.2) is 44.3 Å². The van der Waals surface area contributed by atoms with Crippen LogP contribution in [-0.2, 0) is 19.6 Å². The zero-order valence-corrected chi connectivity index (χ0v) is 19.3. The van der Waals surface area contributed by atoms with Crippen LogP contribution in [0.2, 0.25) is 0 Å². The summed E-state index contributed by atoms with van der Waals surface area (Å²) in [5.74, 6) is -1.52. The van der Waals surface area contributed by atoms with Gasteiger partial charge in [0.1, 0.15) is 10.8 Å². The number of nitrogens with zero attached hydrogens (tertiary/aromatic N) is 1. The third kappa shape index (κ3) is 4.72. The monoisotopic (exact) mass is 480 g/mol. The Hall–Kier alpha value is -2.30. The molecule has 2 heterocycles. The molecule has 2 aliphatic rings. The lowest BCUT2D eigenvalue weighted by atomic mass is 9.99. The average molecular weight is 481 g/mol. The molecular weight excluding hydrogens is 455 g/mol. The maximum absolute atomic E-state index is 13.2. The van der Waals surface area contributed by atoms with Gasteiger partial charge in [0.15, 0.2) is 0 Å². The summed E-state index contributed by atoms with van der Waals surface area (Å²) >= 11 is 1.30. The fraction of sp³-hybridized carbons (Fsp3) is 0.455. The van der Waals surface area contributed by atoms with Crippen molar-refractivity contribution in [3.63, 3.8) is 0 Å². The summed E-state index contributed by atoms with van der Waals surface area (Å²) in [6.45, 7) is 2.30. The minimum atomic E-state index is -3.83. The number of rotatable bonds is 7. The van der Waals surface area contributed by atoms with E-state index >= 15 is 0 Å². The first-order valence-corrected chi connectivity index (χ1v) is 13.0. The fourth-order valence-corrected chi connectivity index (χ4v) is 6.47. The zero-order chi connectivity index (χ0) is 22.9. The Morgan fingerprint density at radius 2 is 1.94 bits per heavy atom. The van der Waals surface area contributed by atoms with Gasteiger partial charge in [-0.05, 0) is 73.7 Å². The molecule has 0 spiro atoms. The van der Waals surface area contributed by atoms with Crippen molar-refractivity contribution in [2.75, 3.05) is 25.0 Å². The summed E-state index contributed by atoms with van der Waals surface area (Å²) < 4.78 is 45.5. The van der Waals surface area contributed by atoms with Gasteiger partial charge in [0.2, 0.25) is 15.9 Å². The van der Waals surface area contributed by atoms with E-state index < -0.39 is 27.7 Å². The molecule has 1 aromatic carbocycles. The van der Waals surface area contributed by atoms with Crippen molar-refractivity contribution in [2.24, 2.45) is 5.92 Å². The first-order chi connectivity index (χ1) is 15.3. The number of sulfonamides is 1. The van der Waals surface area contributed by atoms with Crippen LogP contribution in [0, 0.1) is 11.7 Å². The van der Waals surface area contributed by atoms with Crippen LogP contribution in [0.5, 0.6) is 0 Å². The van der Waals surface area contributed by atoms with Gasteiger partial charge < -0.3 is 10.1 Å². The number of esters is 1. The maximum Gasteiger partial charge on any atom is 0.341 e. The molecule has 1 saturated heterocycles. The van der Waals surface area contributed by atoms with Gasteiger partial charge >= 0.3 is 5.97 Å². The van der Waals surface area contributed by atoms with Gasteiger partial charge in [-0.15, -0.1) is 11.3 Å². The second kappa shape index (κ2) is 9.29. The summed E-state index contributed by atoms with van der Waals surface area (Å²) in [5.41, 5.74) is 1.33. The lowest BCUT2D eigenvalue weighted by molar-refractivity contribution is -0.120. The second-order valence-electron chi connectivity index (χ2n) is 8.04. The third-order valence-electron chi connectivity index (χ3n) is 5.76. The van der Waals surface area contributed by atoms with E-state index in [2.05, 4.69) is 5.32 Å². The highest BCUT2D eigenvalue weighted by molar-refractivity contribution is 7.89. The number of nitrogens with one attached hydrogen (secondary N) is 1. The van der Waals surface area contributed by atoms with Crippen molar-refractivity contribution < 1.29 is 27.1 Å². The highest BCUT2D eigenvalue weighted by atomic mass is 32.2. The van der Waals surface area contributed by atoms with Crippen LogP contribution in [0.1, 0.15) is 54.4 Å². The lowest BCUT2D eigenvalue weighted by Gasteiger charge is -2.31. The van der Waals surface area contributed by atoms with Crippen molar-refractivity contribution in [3.05, 3.63) is 46.6 Å². The summed E-state index contributed by atoms with van der Waals surface area (Å²) in [6.07, 6.45) is 3.09. The van der Waals surface area contributed by atoms with Crippen LogP contribution >= 0.6 is 11.3 Å². The number of carbonyl (C=O) groups is 2. The molecule has 1 N–H and O–H groups in total. The molecule has 2 aromatic rings. The lowest BCUT2D eigenvalue weighted by Crippen LogP contribution is -2.43. The number of amides is 1. The topological polar surface area (TPSA) is 92.8 Å². The number of hydrogen-bond donors (Lipinski definition) is 1. The van der Waals surface area contributed by atoms with Crippen LogP contribution in [0.25, 0.3) is 0 Å². The molecule has 7 nitrogen and oxygen atoms in total. The van der Waals surface area contributed by atoms with Gasteiger partial charge in [-0.2, -0.15) is 4.31 Å². The molecule has 1 unspecified atom stereocenters. The standard InChI is InChI=1S/C22H25FN2O5S2/c1-2-30-22(27)19-18(14-5-6-14)13-31-21(19)24-20(26)15-4-3-11-25(12-15)32(28,29)17-9-7-16(23)8-10-17/h7-10,13-15H,2-6,11-12H2,1H3,(H,24,26). The molecule has 1 aliphatic carbocycles. The minimum Gasteiger partial charge on any atom is -0.462 e. The number of ether oxygens (including phenoxy) is 1. The van der Waals surface area contributed by atoms with Crippen LogP contribution in [0.15, 0.2) is 34.5 Å². The SMILES string of the molecule is CCOC(=O)c1c(C2CC2)csc1NC(=O)C1CCCN(S(=O)(=O)c2ccc(F)cc2)C1. The Morgan fingerprint density at radius 3 is 2.59 bits per heavy atom. The van der Waals surface area contributed by atoms with Crippen molar-refractivity contribution in [1.82, 2.24) is 4.31 Å². The van der Waals surface area contributed by atoms with Gasteiger partial charge in [-0.3, -0.25) is 4.79 Å². The van der Waals surface area contributed by atoms with E-state index in [0.29, 0.717) is 35.9 Å². The van der Waals surface area contributed by atoms with E-state index in [1.165, 1.54) is 27.8 Å². The van der Waals surface area contributed by atoms with E-state index in [9.17, 15) is 22.4 Å². The molecule has 172 valence electrons. The highest BCUT2D eigenvalue weighted by Gasteiger charge is 2.36.